The summed E-state index contributed by atoms with van der Waals surface area (Å²) in [6.45, 7) is 4.18. The fourth-order valence-corrected chi connectivity index (χ4v) is 2.79. The summed E-state index contributed by atoms with van der Waals surface area (Å²) in [4.78, 5) is 12.1. The van der Waals surface area contributed by atoms with Gasteiger partial charge in [-0.3, -0.25) is 4.79 Å². The minimum atomic E-state index is -0.436. The molecule has 0 amide bonds. The highest BCUT2D eigenvalue weighted by molar-refractivity contribution is 6.00. The molecule has 0 N–H and O–H groups in total. The number of unbranched alkanes of at least 4 members (excludes halogenated alkanes) is 4. The van der Waals surface area contributed by atoms with Crippen molar-refractivity contribution >= 4 is 5.78 Å². The maximum atomic E-state index is 13.2. The number of fused-ring (bicyclic) bond motifs is 1. The standard InChI is InChI=1S/C17H23FO2/c1-3-4-5-6-7-10-17(2)12-15(19)14-11-13(18)8-9-16(14)20-17/h8-9,11H,3-7,10,12H2,1-2H3. The number of carbonyl (C=O) groups excluding carboxylic acids is 1. The van der Waals surface area contributed by atoms with Crippen LogP contribution in [-0.2, 0) is 0 Å². The molecule has 1 aromatic carbocycles. The maximum Gasteiger partial charge on any atom is 0.170 e. The van der Waals surface area contributed by atoms with Gasteiger partial charge in [0.05, 0.1) is 12.0 Å². The van der Waals surface area contributed by atoms with Crippen LogP contribution in [0.3, 0.4) is 0 Å². The Morgan fingerprint density at radius 2 is 2.00 bits per heavy atom. The summed E-state index contributed by atoms with van der Waals surface area (Å²) in [5, 5.41) is 0. The first kappa shape index (κ1) is 15.0. The summed E-state index contributed by atoms with van der Waals surface area (Å²) in [5.41, 5.74) is -0.0535. The highest BCUT2D eigenvalue weighted by atomic mass is 19.1. The lowest BCUT2D eigenvalue weighted by Gasteiger charge is -2.35. The molecule has 0 spiro atoms. The Morgan fingerprint density at radius 1 is 1.25 bits per heavy atom. The fourth-order valence-electron chi connectivity index (χ4n) is 2.79. The molecule has 0 saturated carbocycles. The van der Waals surface area contributed by atoms with Gasteiger partial charge < -0.3 is 4.74 Å². The summed E-state index contributed by atoms with van der Waals surface area (Å²) >= 11 is 0. The SMILES string of the molecule is CCCCCCCC1(C)CC(=O)c2cc(F)ccc2O1. The lowest BCUT2D eigenvalue weighted by atomic mass is 9.87. The van der Waals surface area contributed by atoms with Crippen molar-refractivity contribution in [3.8, 4) is 5.75 Å². The van der Waals surface area contributed by atoms with Crippen LogP contribution in [0.1, 0.15) is 69.2 Å². The van der Waals surface area contributed by atoms with Gasteiger partial charge in [-0.1, -0.05) is 32.6 Å². The maximum absolute atomic E-state index is 13.2. The minimum absolute atomic E-state index is 0.0122. The zero-order chi connectivity index (χ0) is 14.6. The minimum Gasteiger partial charge on any atom is -0.486 e. The van der Waals surface area contributed by atoms with Crippen molar-refractivity contribution < 1.29 is 13.9 Å². The summed E-state index contributed by atoms with van der Waals surface area (Å²) < 4.78 is 19.1. The van der Waals surface area contributed by atoms with Crippen molar-refractivity contribution in [3.63, 3.8) is 0 Å². The predicted molar refractivity (Wildman–Crippen MR) is 77.8 cm³/mol. The van der Waals surface area contributed by atoms with E-state index in [0.29, 0.717) is 17.7 Å². The van der Waals surface area contributed by atoms with Crippen LogP contribution in [0.25, 0.3) is 0 Å². The Labute approximate surface area is 120 Å². The Hall–Kier alpha value is -1.38. The Balaban J connectivity index is 1.98. The van der Waals surface area contributed by atoms with Crippen molar-refractivity contribution in [3.05, 3.63) is 29.6 Å². The van der Waals surface area contributed by atoms with Gasteiger partial charge in [0.2, 0.25) is 0 Å². The van der Waals surface area contributed by atoms with Gasteiger partial charge in [0, 0.05) is 0 Å². The quantitative estimate of drug-likeness (QED) is 0.691. The smallest absolute Gasteiger partial charge is 0.170 e. The summed E-state index contributed by atoms with van der Waals surface area (Å²) in [6.07, 6.45) is 7.19. The summed E-state index contributed by atoms with van der Waals surface area (Å²) in [6, 6.07) is 4.19. The molecule has 1 heterocycles. The lowest BCUT2D eigenvalue weighted by molar-refractivity contribution is 0.0451. The second-order valence-corrected chi connectivity index (χ2v) is 5.96. The number of halogens is 1. The fraction of sp³-hybridized carbons (Fsp3) is 0.588. The third-order valence-corrected chi connectivity index (χ3v) is 3.94. The van der Waals surface area contributed by atoms with Gasteiger partial charge in [0.15, 0.2) is 5.78 Å². The Kier molecular flexibility index (Phi) is 4.79. The molecule has 2 nitrogen and oxygen atoms in total. The number of hydrogen-bond donors (Lipinski definition) is 0. The van der Waals surface area contributed by atoms with E-state index in [2.05, 4.69) is 6.92 Å². The van der Waals surface area contributed by atoms with E-state index in [9.17, 15) is 9.18 Å². The number of hydrogen-bond acceptors (Lipinski definition) is 2. The lowest BCUT2D eigenvalue weighted by Crippen LogP contribution is -2.39. The predicted octanol–water partition coefficient (Wildman–Crippen LogP) is 4.91. The van der Waals surface area contributed by atoms with Crippen molar-refractivity contribution in [2.24, 2.45) is 0 Å². The molecular weight excluding hydrogens is 255 g/mol. The van der Waals surface area contributed by atoms with Gasteiger partial charge in [0.1, 0.15) is 17.2 Å². The highest BCUT2D eigenvalue weighted by Crippen LogP contribution is 2.36. The van der Waals surface area contributed by atoms with Crippen molar-refractivity contribution in [2.45, 2.75) is 64.4 Å². The molecule has 0 bridgehead atoms. The average Bonchev–Trinajstić information content (AvgIpc) is 2.39. The van der Waals surface area contributed by atoms with Crippen molar-refractivity contribution in [2.75, 3.05) is 0 Å². The number of benzene rings is 1. The number of Topliss-reactive ketones (excluding diaryl/α,β-unsaturated/α-hetero) is 1. The molecule has 0 saturated heterocycles. The molecule has 20 heavy (non-hydrogen) atoms. The normalized spacial score (nSPS) is 21.4. The molecule has 110 valence electrons. The number of carbonyl (C=O) groups is 1. The molecule has 0 fully saturated rings. The van der Waals surface area contributed by atoms with Gasteiger partial charge in [0.25, 0.3) is 0 Å². The van der Waals surface area contributed by atoms with Gasteiger partial charge in [-0.25, -0.2) is 4.39 Å². The third kappa shape index (κ3) is 3.59. The van der Waals surface area contributed by atoms with Crippen LogP contribution >= 0.6 is 0 Å². The highest BCUT2D eigenvalue weighted by Gasteiger charge is 2.36. The molecule has 3 heteroatoms. The van der Waals surface area contributed by atoms with Crippen LogP contribution in [0.15, 0.2) is 18.2 Å². The van der Waals surface area contributed by atoms with E-state index in [1.165, 1.54) is 37.8 Å². The van der Waals surface area contributed by atoms with E-state index >= 15 is 0 Å². The molecule has 1 aliphatic rings. The van der Waals surface area contributed by atoms with Crippen LogP contribution < -0.4 is 4.74 Å². The summed E-state index contributed by atoms with van der Waals surface area (Å²) in [7, 11) is 0. The second kappa shape index (κ2) is 6.38. The molecule has 0 radical (unpaired) electrons. The van der Waals surface area contributed by atoms with Crippen LogP contribution in [0, 0.1) is 5.82 Å². The first-order chi connectivity index (χ1) is 9.54. The van der Waals surface area contributed by atoms with Crippen molar-refractivity contribution in [1.29, 1.82) is 0 Å². The topological polar surface area (TPSA) is 26.3 Å². The molecular formula is C17H23FO2. The van der Waals surface area contributed by atoms with E-state index in [0.717, 1.165) is 12.8 Å². The monoisotopic (exact) mass is 278 g/mol. The third-order valence-electron chi connectivity index (χ3n) is 3.94. The van der Waals surface area contributed by atoms with Gasteiger partial charge in [-0.15, -0.1) is 0 Å². The molecule has 0 aliphatic carbocycles. The first-order valence-electron chi connectivity index (χ1n) is 7.56. The zero-order valence-corrected chi connectivity index (χ0v) is 12.4. The van der Waals surface area contributed by atoms with Gasteiger partial charge in [-0.2, -0.15) is 0 Å². The molecule has 0 aromatic heterocycles. The van der Waals surface area contributed by atoms with E-state index in [-0.39, 0.29) is 11.6 Å². The molecule has 1 aliphatic heterocycles. The Morgan fingerprint density at radius 3 is 2.75 bits per heavy atom. The van der Waals surface area contributed by atoms with Gasteiger partial charge in [-0.05, 0) is 38.0 Å². The number of rotatable bonds is 6. The van der Waals surface area contributed by atoms with Crippen LogP contribution in [0.4, 0.5) is 4.39 Å². The molecule has 1 aromatic rings. The van der Waals surface area contributed by atoms with E-state index in [1.807, 2.05) is 6.92 Å². The van der Waals surface area contributed by atoms with Crippen LogP contribution in [0.5, 0.6) is 5.75 Å². The average molecular weight is 278 g/mol. The van der Waals surface area contributed by atoms with E-state index < -0.39 is 5.60 Å². The molecule has 1 unspecified atom stereocenters. The largest absolute Gasteiger partial charge is 0.486 e. The summed E-state index contributed by atoms with van der Waals surface area (Å²) in [5.74, 6) is 0.129. The molecule has 2 rings (SSSR count). The second-order valence-electron chi connectivity index (χ2n) is 5.96. The molecule has 1 atom stereocenters. The van der Waals surface area contributed by atoms with Crippen LogP contribution in [0.2, 0.25) is 0 Å². The number of ether oxygens (including phenoxy) is 1. The first-order valence-corrected chi connectivity index (χ1v) is 7.56. The van der Waals surface area contributed by atoms with E-state index in [4.69, 9.17) is 4.74 Å². The van der Waals surface area contributed by atoms with E-state index in [1.54, 1.807) is 6.07 Å². The Bertz CT molecular complexity index is 484. The van der Waals surface area contributed by atoms with Crippen molar-refractivity contribution in [1.82, 2.24) is 0 Å². The zero-order valence-electron chi connectivity index (χ0n) is 12.4. The van der Waals surface area contributed by atoms with Gasteiger partial charge >= 0.3 is 0 Å². The number of ketones is 1. The van der Waals surface area contributed by atoms with Crippen LogP contribution in [-0.4, -0.2) is 11.4 Å².